The van der Waals surface area contributed by atoms with E-state index < -0.39 is 0 Å². The number of hydrogen-bond acceptors (Lipinski definition) is 4. The first-order valence-electron chi connectivity index (χ1n) is 6.07. The Balaban J connectivity index is 1.90. The lowest BCUT2D eigenvalue weighted by Gasteiger charge is -2.22. The molecule has 0 bridgehead atoms. The van der Waals surface area contributed by atoms with Crippen molar-refractivity contribution in [1.29, 1.82) is 0 Å². The van der Waals surface area contributed by atoms with E-state index in [0.29, 0.717) is 37.9 Å². The lowest BCUT2D eigenvalue weighted by atomic mass is 9.82. The van der Waals surface area contributed by atoms with E-state index in [-0.39, 0.29) is 11.9 Å². The van der Waals surface area contributed by atoms with Crippen molar-refractivity contribution in [2.45, 2.75) is 38.5 Å². The highest BCUT2D eigenvalue weighted by molar-refractivity contribution is 5.70. The predicted molar refractivity (Wildman–Crippen MR) is 56.6 cm³/mol. The van der Waals surface area contributed by atoms with E-state index in [1.165, 1.54) is 0 Å². The topological polar surface area (TPSA) is 52.6 Å². The normalized spacial score (nSPS) is 32.2. The van der Waals surface area contributed by atoms with Crippen molar-refractivity contribution in [2.75, 3.05) is 13.2 Å². The van der Waals surface area contributed by atoms with Crippen molar-refractivity contribution in [3.8, 4) is 0 Å². The summed E-state index contributed by atoms with van der Waals surface area (Å²) in [7, 11) is 0. The van der Waals surface area contributed by atoms with Gasteiger partial charge in [-0.05, 0) is 37.5 Å². The number of carbonyl (C=O) groups excluding carboxylic acids is 2. The van der Waals surface area contributed by atoms with E-state index in [0.717, 1.165) is 25.7 Å². The number of cyclic esters (lactones) is 2. The van der Waals surface area contributed by atoms with Gasteiger partial charge in [-0.25, -0.2) is 0 Å². The molecule has 4 heteroatoms. The Hall–Kier alpha value is -1.06. The van der Waals surface area contributed by atoms with Gasteiger partial charge in [0.05, 0.1) is 13.2 Å². The molecule has 0 amide bonds. The van der Waals surface area contributed by atoms with Gasteiger partial charge in [0, 0.05) is 12.8 Å². The quantitative estimate of drug-likeness (QED) is 0.638. The number of ether oxygens (including phenoxy) is 2. The van der Waals surface area contributed by atoms with Crippen molar-refractivity contribution in [2.24, 2.45) is 11.8 Å². The smallest absolute Gasteiger partial charge is 0.305 e. The summed E-state index contributed by atoms with van der Waals surface area (Å²) in [6, 6.07) is 0. The molecule has 0 aliphatic carbocycles. The Morgan fingerprint density at radius 1 is 0.750 bits per heavy atom. The molecular weight excluding hydrogens is 208 g/mol. The van der Waals surface area contributed by atoms with E-state index in [1.807, 2.05) is 0 Å². The zero-order chi connectivity index (χ0) is 11.4. The molecule has 2 saturated heterocycles. The Morgan fingerprint density at radius 2 is 1.19 bits per heavy atom. The molecule has 0 saturated carbocycles. The molecule has 0 aromatic heterocycles. The molecule has 2 fully saturated rings. The van der Waals surface area contributed by atoms with Gasteiger partial charge in [0.25, 0.3) is 0 Å². The molecule has 2 heterocycles. The maximum Gasteiger partial charge on any atom is 0.305 e. The SMILES string of the molecule is O=C1CCC(C2CCOC(=O)CC2)CCO1. The number of esters is 2. The zero-order valence-electron chi connectivity index (χ0n) is 9.44. The predicted octanol–water partition coefficient (Wildman–Crippen LogP) is 1.67. The summed E-state index contributed by atoms with van der Waals surface area (Å²) in [6.45, 7) is 1.07. The second kappa shape index (κ2) is 5.32. The first kappa shape index (κ1) is 11.4. The molecule has 0 N–H and O–H groups in total. The van der Waals surface area contributed by atoms with E-state index in [1.54, 1.807) is 0 Å². The second-order valence-electron chi connectivity index (χ2n) is 4.62. The van der Waals surface area contributed by atoms with Crippen LogP contribution in [0.5, 0.6) is 0 Å². The van der Waals surface area contributed by atoms with Gasteiger partial charge in [-0.1, -0.05) is 0 Å². The van der Waals surface area contributed by atoms with Gasteiger partial charge in [-0.3, -0.25) is 9.59 Å². The van der Waals surface area contributed by atoms with Crippen LogP contribution < -0.4 is 0 Å². The minimum atomic E-state index is -0.0801. The molecule has 4 nitrogen and oxygen atoms in total. The van der Waals surface area contributed by atoms with Crippen LogP contribution in [0.1, 0.15) is 38.5 Å². The van der Waals surface area contributed by atoms with Gasteiger partial charge < -0.3 is 9.47 Å². The van der Waals surface area contributed by atoms with Gasteiger partial charge in [0.2, 0.25) is 0 Å². The van der Waals surface area contributed by atoms with Crippen molar-refractivity contribution in [3.63, 3.8) is 0 Å². The Morgan fingerprint density at radius 3 is 1.62 bits per heavy atom. The van der Waals surface area contributed by atoms with Gasteiger partial charge >= 0.3 is 11.9 Å². The molecule has 2 unspecified atom stereocenters. The minimum Gasteiger partial charge on any atom is -0.466 e. The van der Waals surface area contributed by atoms with E-state index in [4.69, 9.17) is 9.47 Å². The summed E-state index contributed by atoms with van der Waals surface area (Å²) in [6.07, 6.45) is 4.72. The fourth-order valence-electron chi connectivity index (χ4n) is 2.63. The lowest BCUT2D eigenvalue weighted by Crippen LogP contribution is -2.15. The van der Waals surface area contributed by atoms with Crippen LogP contribution in [-0.2, 0) is 19.1 Å². The molecule has 0 spiro atoms. The molecule has 0 radical (unpaired) electrons. The summed E-state index contributed by atoms with van der Waals surface area (Å²) in [5, 5.41) is 0. The van der Waals surface area contributed by atoms with Crippen molar-refractivity contribution >= 4 is 11.9 Å². The van der Waals surface area contributed by atoms with Crippen LogP contribution in [0.2, 0.25) is 0 Å². The molecule has 2 atom stereocenters. The maximum absolute atomic E-state index is 11.1. The summed E-state index contributed by atoms with van der Waals surface area (Å²) in [5.74, 6) is 0.869. The van der Waals surface area contributed by atoms with Crippen LogP contribution in [0, 0.1) is 11.8 Å². The second-order valence-corrected chi connectivity index (χ2v) is 4.62. The third-order valence-electron chi connectivity index (χ3n) is 3.61. The van der Waals surface area contributed by atoms with Crippen LogP contribution in [0.3, 0.4) is 0 Å². The molecule has 2 aliphatic rings. The lowest BCUT2D eigenvalue weighted by molar-refractivity contribution is -0.143. The maximum atomic E-state index is 11.1. The molecule has 0 aromatic carbocycles. The molecule has 2 rings (SSSR count). The Kier molecular flexibility index (Phi) is 3.80. The third-order valence-corrected chi connectivity index (χ3v) is 3.61. The Labute approximate surface area is 95.3 Å². The first-order valence-corrected chi connectivity index (χ1v) is 6.07. The van der Waals surface area contributed by atoms with Gasteiger partial charge in [-0.2, -0.15) is 0 Å². The molecular formula is C12H18O4. The summed E-state index contributed by atoms with van der Waals surface area (Å²) < 4.78 is 10.1. The average Bonchev–Trinajstić information content (AvgIpc) is 2.59. The van der Waals surface area contributed by atoms with Gasteiger partial charge in [0.1, 0.15) is 0 Å². The van der Waals surface area contributed by atoms with Crippen LogP contribution in [0.15, 0.2) is 0 Å². The monoisotopic (exact) mass is 226 g/mol. The summed E-state index contributed by atoms with van der Waals surface area (Å²) in [5.41, 5.74) is 0. The highest BCUT2D eigenvalue weighted by atomic mass is 16.5. The minimum absolute atomic E-state index is 0.0801. The highest BCUT2D eigenvalue weighted by Gasteiger charge is 2.27. The average molecular weight is 226 g/mol. The zero-order valence-corrected chi connectivity index (χ0v) is 9.44. The van der Waals surface area contributed by atoms with Crippen LogP contribution >= 0.6 is 0 Å². The van der Waals surface area contributed by atoms with E-state index in [2.05, 4.69) is 0 Å². The fourth-order valence-corrected chi connectivity index (χ4v) is 2.63. The number of carbonyl (C=O) groups is 2. The van der Waals surface area contributed by atoms with Crippen LogP contribution in [0.25, 0.3) is 0 Å². The van der Waals surface area contributed by atoms with Gasteiger partial charge in [0.15, 0.2) is 0 Å². The largest absolute Gasteiger partial charge is 0.466 e. The van der Waals surface area contributed by atoms with E-state index in [9.17, 15) is 9.59 Å². The molecule has 90 valence electrons. The van der Waals surface area contributed by atoms with Gasteiger partial charge in [-0.15, -0.1) is 0 Å². The Bertz CT molecular complexity index is 246. The fraction of sp³-hybridized carbons (Fsp3) is 0.833. The third kappa shape index (κ3) is 2.97. The first-order chi connectivity index (χ1) is 7.75. The van der Waals surface area contributed by atoms with Crippen LogP contribution in [0.4, 0.5) is 0 Å². The van der Waals surface area contributed by atoms with Crippen molar-refractivity contribution in [3.05, 3.63) is 0 Å². The van der Waals surface area contributed by atoms with Crippen LogP contribution in [-0.4, -0.2) is 25.2 Å². The number of hydrogen-bond donors (Lipinski definition) is 0. The molecule has 2 aliphatic heterocycles. The van der Waals surface area contributed by atoms with Crippen molar-refractivity contribution in [1.82, 2.24) is 0 Å². The highest BCUT2D eigenvalue weighted by Crippen LogP contribution is 2.31. The van der Waals surface area contributed by atoms with Crippen molar-refractivity contribution < 1.29 is 19.1 Å². The van der Waals surface area contributed by atoms with E-state index >= 15 is 0 Å². The standard InChI is InChI=1S/C12H18O4/c13-11-3-1-9(5-7-15-11)10-2-4-12(14)16-8-6-10/h9-10H,1-8H2. The molecule has 0 aromatic rings. The number of rotatable bonds is 1. The molecule has 16 heavy (non-hydrogen) atoms. The summed E-state index contributed by atoms with van der Waals surface area (Å²) in [4.78, 5) is 22.3. The summed E-state index contributed by atoms with van der Waals surface area (Å²) >= 11 is 0.